The van der Waals surface area contributed by atoms with Gasteiger partial charge in [0.15, 0.2) is 0 Å². The first-order chi connectivity index (χ1) is 40.8. The molecule has 0 radical (unpaired) electrons. The lowest BCUT2D eigenvalue weighted by Gasteiger charge is -2.17. The van der Waals surface area contributed by atoms with E-state index < -0.39 is 62.8 Å². The van der Waals surface area contributed by atoms with Gasteiger partial charge in [-0.2, -0.15) is 0 Å². The summed E-state index contributed by atoms with van der Waals surface area (Å²) in [5.41, 5.74) is 0.926. The molecule has 416 valence electrons. The number of phenolic OH excluding ortho intramolecular Hbond substituents is 2. The zero-order valence-electron chi connectivity index (χ0n) is 44.1. The van der Waals surface area contributed by atoms with Crippen molar-refractivity contribution in [2.75, 3.05) is 21.7 Å². The van der Waals surface area contributed by atoms with Crippen molar-refractivity contribution in [1.29, 1.82) is 0 Å². The predicted octanol–water partition coefficient (Wildman–Crippen LogP) is 11.0. The number of phenols is 2. The number of aromatic hydroxyl groups is 2. The third-order valence-electron chi connectivity index (χ3n) is 14.5. The van der Waals surface area contributed by atoms with Gasteiger partial charge in [-0.05, 0) is 158 Å². The monoisotopic (exact) mass is 1150 g/mol. The van der Waals surface area contributed by atoms with Gasteiger partial charge in [-0.1, -0.05) is 18.2 Å². The van der Waals surface area contributed by atoms with Crippen molar-refractivity contribution >= 4 is 74.2 Å². The summed E-state index contributed by atoms with van der Waals surface area (Å²) in [7, 11) is -2.85. The fraction of sp³-hybridized carbons (Fsp3) is 0.0312. The first-order valence-electron chi connectivity index (χ1n) is 25.8. The van der Waals surface area contributed by atoms with Crippen LogP contribution in [0.1, 0.15) is 88.4 Å². The summed E-state index contributed by atoms with van der Waals surface area (Å²) in [6.07, 6.45) is 0. The predicted molar refractivity (Wildman–Crippen MR) is 302 cm³/mol. The number of carbonyl (C=O) groups is 8. The van der Waals surface area contributed by atoms with Crippen LogP contribution in [-0.4, -0.2) is 77.8 Å². The van der Waals surface area contributed by atoms with E-state index >= 15 is 0 Å². The molecule has 0 bridgehead atoms. The summed E-state index contributed by atoms with van der Waals surface area (Å²) in [5, 5.41) is 20.8. The van der Waals surface area contributed by atoms with E-state index in [1.54, 1.807) is 60.7 Å². The van der Waals surface area contributed by atoms with Crippen molar-refractivity contribution in [2.45, 2.75) is 16.7 Å². The summed E-state index contributed by atoms with van der Waals surface area (Å²) in [5.74, 6) is -3.92. The molecule has 4 aliphatic rings. The highest BCUT2D eigenvalue weighted by molar-refractivity contribution is 7.91. The Morgan fingerprint density at radius 2 is 0.659 bits per heavy atom. The molecule has 2 N–H and O–H groups in total. The van der Waals surface area contributed by atoms with Crippen LogP contribution in [0.15, 0.2) is 192 Å². The van der Waals surface area contributed by atoms with Crippen LogP contribution in [0.25, 0.3) is 0 Å². The van der Waals surface area contributed by atoms with Gasteiger partial charge in [-0.3, -0.25) is 43.3 Å². The number of amides is 8. The van der Waals surface area contributed by atoms with E-state index in [0.717, 1.165) is 32.9 Å². The Morgan fingerprint density at radius 3 is 1.11 bits per heavy atom. The molecule has 0 aromatic heterocycles. The quantitative estimate of drug-likeness (QED) is 0.102. The Kier molecular flexibility index (Phi) is 12.3. The van der Waals surface area contributed by atoms with Gasteiger partial charge in [0.2, 0.25) is 9.84 Å². The molecule has 0 unspecified atom stereocenters. The lowest BCUT2D eigenvalue weighted by Crippen LogP contribution is -2.29. The number of aryl methyl sites for hydroxylation is 1. The Balaban J connectivity index is 0.665. The van der Waals surface area contributed by atoms with Gasteiger partial charge in [0.25, 0.3) is 47.3 Å². The van der Waals surface area contributed by atoms with Gasteiger partial charge in [0.05, 0.1) is 71.4 Å². The summed E-state index contributed by atoms with van der Waals surface area (Å²) < 4.78 is 51.5. The SMILES string of the molecule is Cc1cc(S(=O)(=O)c2ccc(O)c(N3C(=O)c4ccc(Oc5ccc6c(c5)C(=O)N(c5cccc(Oc7cccc(Oc8cccc(N9C(=O)c%10ccc(Oc%11ccc%12c(c%11)C(=O)N(C)C%12=O)cc%10C9=O)c8)c7)c5)C6=O)cc4C3=O)c2)ccc1O. The molecule has 0 aliphatic carbocycles. The molecule has 21 heteroatoms. The number of sulfone groups is 1. The van der Waals surface area contributed by atoms with Crippen LogP contribution in [0.5, 0.6) is 57.5 Å². The van der Waals surface area contributed by atoms with Crippen LogP contribution in [0.3, 0.4) is 0 Å². The van der Waals surface area contributed by atoms with Crippen LogP contribution in [-0.2, 0) is 9.84 Å². The van der Waals surface area contributed by atoms with E-state index in [-0.39, 0.29) is 112 Å². The molecule has 0 fully saturated rings. The molecule has 4 heterocycles. The van der Waals surface area contributed by atoms with E-state index in [0.29, 0.717) is 22.0 Å². The molecule has 9 aromatic rings. The Labute approximate surface area is 481 Å². The molecule has 8 amide bonds. The topological polar surface area (TPSA) is 261 Å². The second-order valence-corrected chi connectivity index (χ2v) is 21.8. The van der Waals surface area contributed by atoms with E-state index in [1.807, 2.05) is 0 Å². The molecule has 85 heavy (non-hydrogen) atoms. The van der Waals surface area contributed by atoms with Crippen LogP contribution in [0, 0.1) is 6.92 Å². The van der Waals surface area contributed by atoms with Crippen LogP contribution >= 0.6 is 0 Å². The van der Waals surface area contributed by atoms with E-state index in [4.69, 9.17) is 18.9 Å². The summed E-state index contributed by atoms with van der Waals surface area (Å²) >= 11 is 0. The number of carbonyl (C=O) groups excluding carboxylic acids is 8. The molecule has 9 aromatic carbocycles. The number of benzene rings is 9. The van der Waals surface area contributed by atoms with E-state index in [2.05, 4.69) is 0 Å². The fourth-order valence-corrected chi connectivity index (χ4v) is 11.6. The molecule has 0 saturated carbocycles. The number of nitrogens with zero attached hydrogens (tertiary/aromatic N) is 4. The van der Waals surface area contributed by atoms with Crippen LogP contribution in [0.4, 0.5) is 17.1 Å². The minimum absolute atomic E-state index is 0.0112. The summed E-state index contributed by atoms with van der Waals surface area (Å²) in [6.45, 7) is 1.52. The smallest absolute Gasteiger partial charge is 0.266 e. The zero-order valence-corrected chi connectivity index (χ0v) is 44.9. The van der Waals surface area contributed by atoms with Gasteiger partial charge >= 0.3 is 0 Å². The van der Waals surface area contributed by atoms with Crippen LogP contribution < -0.4 is 33.6 Å². The van der Waals surface area contributed by atoms with E-state index in [9.17, 15) is 57.0 Å². The molecular weight excluding hydrogens is 1110 g/mol. The molecule has 0 atom stereocenters. The fourth-order valence-electron chi connectivity index (χ4n) is 10.2. The number of imide groups is 4. The third kappa shape index (κ3) is 8.90. The maximum atomic E-state index is 14.0. The highest BCUT2D eigenvalue weighted by Crippen LogP contribution is 2.42. The lowest BCUT2D eigenvalue weighted by atomic mass is 10.1. The van der Waals surface area contributed by atoms with Crippen LogP contribution in [0.2, 0.25) is 0 Å². The molecular formula is C64H38N4O16S. The number of fused-ring (bicyclic) bond motifs is 4. The first-order valence-corrected chi connectivity index (χ1v) is 27.2. The van der Waals surface area contributed by atoms with E-state index in [1.165, 1.54) is 117 Å². The van der Waals surface area contributed by atoms with Gasteiger partial charge in [-0.15, -0.1) is 0 Å². The van der Waals surface area contributed by atoms with Gasteiger partial charge in [0, 0.05) is 25.2 Å². The van der Waals surface area contributed by atoms with Crippen molar-refractivity contribution in [3.05, 3.63) is 232 Å². The molecule has 20 nitrogen and oxygen atoms in total. The minimum atomic E-state index is -4.24. The minimum Gasteiger partial charge on any atom is -0.508 e. The average Bonchev–Trinajstić information content (AvgIpc) is 2.04. The number of ether oxygens (including phenoxy) is 4. The Morgan fingerprint density at radius 1 is 0.329 bits per heavy atom. The maximum absolute atomic E-state index is 14.0. The number of rotatable bonds is 13. The number of hydrogen-bond donors (Lipinski definition) is 2. The largest absolute Gasteiger partial charge is 0.508 e. The second-order valence-electron chi connectivity index (χ2n) is 19.8. The standard InChI is InChI=1S/C64H38N4O16S/c1-33-24-44(16-22-55(33)69)85(79,80)45-17-23-56(70)54(32-45)68-61(75)49-21-15-43(31-53(49)64(68)78)84-42-14-20-48-52(30-42)63(77)67(60(48)74)35-7-4-9-37(26-35)82-39-11-5-10-38(27-39)81-36-8-3-6-34(25-36)66-59(73)47-19-13-41(29-51(47)62(66)76)83-40-12-18-46-50(28-40)58(72)65(2)57(46)71/h3-32,69-70H,1-2H3. The second kappa shape index (κ2) is 19.8. The van der Waals surface area contributed by atoms with Crippen molar-refractivity contribution < 1.29 is 75.9 Å². The highest BCUT2D eigenvalue weighted by atomic mass is 32.2. The molecule has 0 spiro atoms. The van der Waals surface area contributed by atoms with Gasteiger partial charge in [0.1, 0.15) is 57.5 Å². The van der Waals surface area contributed by atoms with Crippen molar-refractivity contribution in [1.82, 2.24) is 4.90 Å². The molecule has 4 aliphatic heterocycles. The third-order valence-corrected chi connectivity index (χ3v) is 16.3. The maximum Gasteiger partial charge on any atom is 0.266 e. The van der Waals surface area contributed by atoms with Gasteiger partial charge in [-0.25, -0.2) is 23.1 Å². The molecule has 13 rings (SSSR count). The number of hydrogen-bond acceptors (Lipinski definition) is 16. The normalized spacial score (nSPS) is 14.3. The van der Waals surface area contributed by atoms with Crippen molar-refractivity contribution in [3.8, 4) is 57.5 Å². The highest BCUT2D eigenvalue weighted by Gasteiger charge is 2.41. The number of anilines is 3. The lowest BCUT2D eigenvalue weighted by molar-refractivity contribution is 0.0690. The average molecular weight is 1150 g/mol. The van der Waals surface area contributed by atoms with Crippen molar-refractivity contribution in [2.24, 2.45) is 0 Å². The van der Waals surface area contributed by atoms with Gasteiger partial charge < -0.3 is 29.2 Å². The Hall–Kier alpha value is -11.7. The zero-order chi connectivity index (χ0) is 59.3. The molecule has 0 saturated heterocycles. The van der Waals surface area contributed by atoms with Crippen molar-refractivity contribution in [3.63, 3.8) is 0 Å². The summed E-state index contributed by atoms with van der Waals surface area (Å²) in [6, 6.07) is 43.3. The summed E-state index contributed by atoms with van der Waals surface area (Å²) in [4.78, 5) is 111. The Bertz CT molecular complexity index is 4670. The first kappa shape index (κ1) is 52.7.